The first-order valence-corrected chi connectivity index (χ1v) is 11.2. The Morgan fingerprint density at radius 3 is 3.00 bits per heavy atom. The van der Waals surface area contributed by atoms with E-state index in [9.17, 15) is 4.79 Å². The van der Waals surface area contributed by atoms with E-state index < -0.39 is 0 Å². The van der Waals surface area contributed by atoms with Gasteiger partial charge in [0.1, 0.15) is 23.0 Å². The number of carbonyl (C=O) groups excluding carboxylic acids is 1. The number of aryl methyl sites for hydroxylation is 1. The van der Waals surface area contributed by atoms with Gasteiger partial charge in [0, 0.05) is 17.5 Å². The fourth-order valence-corrected chi connectivity index (χ4v) is 5.24. The van der Waals surface area contributed by atoms with Crippen LogP contribution in [0.4, 0.5) is 10.9 Å². The van der Waals surface area contributed by atoms with Crippen molar-refractivity contribution in [3.05, 3.63) is 53.0 Å². The summed E-state index contributed by atoms with van der Waals surface area (Å²) in [5.74, 6) is 0.809. The molecule has 0 spiro atoms. The maximum atomic E-state index is 13.1. The van der Waals surface area contributed by atoms with Crippen LogP contribution in [0.5, 0.6) is 0 Å². The Labute approximate surface area is 176 Å². The van der Waals surface area contributed by atoms with Gasteiger partial charge in [0.2, 0.25) is 5.91 Å². The maximum Gasteiger partial charge on any atom is 0.248 e. The van der Waals surface area contributed by atoms with Crippen LogP contribution in [0.25, 0.3) is 21.5 Å². The molecule has 1 aromatic carbocycles. The van der Waals surface area contributed by atoms with Crippen LogP contribution < -0.4 is 10.2 Å². The van der Waals surface area contributed by atoms with Crippen LogP contribution in [0.15, 0.2) is 47.4 Å². The molecule has 3 aromatic heterocycles. The van der Waals surface area contributed by atoms with E-state index in [-0.39, 0.29) is 11.9 Å². The van der Waals surface area contributed by atoms with Crippen molar-refractivity contribution in [3.8, 4) is 11.3 Å². The van der Waals surface area contributed by atoms with Gasteiger partial charge in [-0.3, -0.25) is 4.79 Å². The molecule has 1 unspecified atom stereocenters. The molecule has 6 nitrogen and oxygen atoms in total. The van der Waals surface area contributed by atoms with Crippen molar-refractivity contribution in [3.63, 3.8) is 0 Å². The van der Waals surface area contributed by atoms with Gasteiger partial charge in [-0.2, -0.15) is 0 Å². The molecule has 1 N–H and O–H groups in total. The molecule has 0 radical (unpaired) electrons. The van der Waals surface area contributed by atoms with Gasteiger partial charge in [0.25, 0.3) is 0 Å². The molecular formula is C21H19N5OS2. The largest absolute Gasteiger partial charge is 0.344 e. The number of benzene rings is 1. The lowest BCUT2D eigenvalue weighted by atomic mass is 10.1. The fraction of sp³-hybridized carbons (Fsp3) is 0.238. The molecule has 1 aliphatic heterocycles. The minimum atomic E-state index is -0.251. The number of hydrogen-bond donors (Lipinski definition) is 1. The van der Waals surface area contributed by atoms with Gasteiger partial charge in [-0.25, -0.2) is 15.0 Å². The number of rotatable bonds is 4. The number of nitrogens with zero attached hydrogens (tertiary/aromatic N) is 4. The van der Waals surface area contributed by atoms with Crippen molar-refractivity contribution in [1.29, 1.82) is 0 Å². The quantitative estimate of drug-likeness (QED) is 0.516. The van der Waals surface area contributed by atoms with Crippen LogP contribution in [-0.2, 0) is 4.79 Å². The normalized spacial score (nSPS) is 16.4. The molecule has 4 aromatic rings. The number of aromatic nitrogens is 3. The van der Waals surface area contributed by atoms with Crippen LogP contribution in [-0.4, -0.2) is 33.4 Å². The minimum Gasteiger partial charge on any atom is -0.344 e. The van der Waals surface area contributed by atoms with E-state index in [2.05, 4.69) is 44.2 Å². The molecule has 0 saturated carbocycles. The summed E-state index contributed by atoms with van der Waals surface area (Å²) in [6.07, 6.45) is 3.34. The first-order chi connectivity index (χ1) is 14.2. The summed E-state index contributed by atoms with van der Waals surface area (Å²) < 4.78 is 0. The van der Waals surface area contributed by atoms with Gasteiger partial charge in [-0.15, -0.1) is 22.7 Å². The number of thiophene rings is 1. The van der Waals surface area contributed by atoms with E-state index in [1.165, 1.54) is 16.9 Å². The summed E-state index contributed by atoms with van der Waals surface area (Å²) in [5, 5.41) is 8.66. The van der Waals surface area contributed by atoms with E-state index in [4.69, 9.17) is 0 Å². The van der Waals surface area contributed by atoms with Gasteiger partial charge in [0.05, 0.1) is 11.1 Å². The zero-order valence-corrected chi connectivity index (χ0v) is 17.5. The summed E-state index contributed by atoms with van der Waals surface area (Å²) in [5.41, 5.74) is 3.15. The van der Waals surface area contributed by atoms with E-state index in [1.807, 2.05) is 29.0 Å². The second-order valence-electron chi connectivity index (χ2n) is 7.03. The molecule has 1 amide bonds. The summed E-state index contributed by atoms with van der Waals surface area (Å²) in [4.78, 5) is 29.5. The topological polar surface area (TPSA) is 71.0 Å². The monoisotopic (exact) mass is 421 g/mol. The SMILES string of the molecule is Cc1ccccc1-c1csc(NC(=O)C2CCCN2c2ncnc3sccc23)n1. The third-order valence-corrected chi connectivity index (χ3v) is 6.80. The standard InChI is InChI=1S/C21H19N5OS2/c1-13-5-2-3-6-14(13)16-11-29-21(24-16)25-19(27)17-7-4-9-26(17)18-15-8-10-28-20(15)23-12-22-18/h2-3,5-6,8,10-12,17H,4,7,9H2,1H3,(H,24,25,27). The Kier molecular flexibility index (Phi) is 4.73. The molecule has 29 heavy (non-hydrogen) atoms. The van der Waals surface area contributed by atoms with Crippen molar-refractivity contribution in [2.75, 3.05) is 16.8 Å². The number of thiazole rings is 1. The summed E-state index contributed by atoms with van der Waals surface area (Å²) >= 11 is 3.04. The molecule has 8 heteroatoms. The third kappa shape index (κ3) is 3.38. The zero-order valence-electron chi connectivity index (χ0n) is 15.8. The highest BCUT2D eigenvalue weighted by Crippen LogP contribution is 2.33. The second-order valence-corrected chi connectivity index (χ2v) is 8.78. The number of anilines is 2. The Morgan fingerprint density at radius 2 is 2.10 bits per heavy atom. The highest BCUT2D eigenvalue weighted by atomic mass is 32.1. The lowest BCUT2D eigenvalue weighted by molar-refractivity contribution is -0.117. The number of nitrogens with one attached hydrogen (secondary N) is 1. The Bertz CT molecular complexity index is 1180. The van der Waals surface area contributed by atoms with Gasteiger partial charge >= 0.3 is 0 Å². The summed E-state index contributed by atoms with van der Waals surface area (Å²) in [6, 6.07) is 9.91. The van der Waals surface area contributed by atoms with Crippen LogP contribution in [0.1, 0.15) is 18.4 Å². The first-order valence-electron chi connectivity index (χ1n) is 9.48. The number of amides is 1. The third-order valence-electron chi connectivity index (χ3n) is 5.22. The van der Waals surface area contributed by atoms with Crippen molar-refractivity contribution in [1.82, 2.24) is 15.0 Å². The van der Waals surface area contributed by atoms with Crippen LogP contribution >= 0.6 is 22.7 Å². The van der Waals surface area contributed by atoms with Crippen molar-refractivity contribution in [2.45, 2.75) is 25.8 Å². The lowest BCUT2D eigenvalue weighted by Crippen LogP contribution is -2.40. The molecule has 1 atom stereocenters. The maximum absolute atomic E-state index is 13.1. The van der Waals surface area contributed by atoms with Gasteiger partial charge < -0.3 is 10.2 Å². The molecule has 0 bridgehead atoms. The molecule has 1 saturated heterocycles. The summed E-state index contributed by atoms with van der Waals surface area (Å²) in [7, 11) is 0. The van der Waals surface area contributed by atoms with Crippen molar-refractivity contribution < 1.29 is 4.79 Å². The average Bonchev–Trinajstić information content (AvgIpc) is 3.48. The van der Waals surface area contributed by atoms with Crippen molar-refractivity contribution >= 4 is 49.7 Å². The Balaban J connectivity index is 1.37. The van der Waals surface area contributed by atoms with Crippen LogP contribution in [0, 0.1) is 6.92 Å². The predicted octanol–water partition coefficient (Wildman–Crippen LogP) is 4.73. The molecular weight excluding hydrogens is 402 g/mol. The first kappa shape index (κ1) is 18.2. The lowest BCUT2D eigenvalue weighted by Gasteiger charge is -2.24. The average molecular weight is 422 g/mol. The van der Waals surface area contributed by atoms with Gasteiger partial charge in [-0.1, -0.05) is 24.3 Å². The molecule has 5 rings (SSSR count). The van der Waals surface area contributed by atoms with E-state index in [1.54, 1.807) is 17.7 Å². The zero-order chi connectivity index (χ0) is 19.8. The van der Waals surface area contributed by atoms with Crippen LogP contribution in [0.3, 0.4) is 0 Å². The number of carbonyl (C=O) groups is 1. The van der Waals surface area contributed by atoms with Gasteiger partial charge in [-0.05, 0) is 36.8 Å². The smallest absolute Gasteiger partial charge is 0.248 e. The van der Waals surface area contributed by atoms with E-state index in [0.717, 1.165) is 46.7 Å². The minimum absolute atomic E-state index is 0.0322. The fourth-order valence-electron chi connectivity index (χ4n) is 3.80. The summed E-state index contributed by atoms with van der Waals surface area (Å²) in [6.45, 7) is 2.88. The molecule has 1 fully saturated rings. The number of hydrogen-bond acceptors (Lipinski definition) is 7. The van der Waals surface area contributed by atoms with E-state index in [0.29, 0.717) is 5.13 Å². The molecule has 146 valence electrons. The molecule has 4 heterocycles. The van der Waals surface area contributed by atoms with Gasteiger partial charge in [0.15, 0.2) is 5.13 Å². The number of fused-ring (bicyclic) bond motifs is 1. The highest BCUT2D eigenvalue weighted by Gasteiger charge is 2.33. The Hall–Kier alpha value is -2.84. The second kappa shape index (κ2) is 7.53. The van der Waals surface area contributed by atoms with Crippen molar-refractivity contribution in [2.24, 2.45) is 0 Å². The van der Waals surface area contributed by atoms with E-state index >= 15 is 0 Å². The predicted molar refractivity (Wildman–Crippen MR) is 119 cm³/mol. The highest BCUT2D eigenvalue weighted by molar-refractivity contribution is 7.16. The molecule has 1 aliphatic rings. The Morgan fingerprint density at radius 1 is 1.21 bits per heavy atom. The molecule has 0 aliphatic carbocycles. The van der Waals surface area contributed by atoms with Crippen LogP contribution in [0.2, 0.25) is 0 Å².